The highest BCUT2D eigenvalue weighted by Gasteiger charge is 2.08. The van der Waals surface area contributed by atoms with Crippen LogP contribution in [0.25, 0.3) is 22.3 Å². The van der Waals surface area contributed by atoms with Crippen molar-refractivity contribution in [1.29, 1.82) is 0 Å². The van der Waals surface area contributed by atoms with Crippen molar-refractivity contribution < 1.29 is 0 Å². The Kier molecular flexibility index (Phi) is 3.11. The maximum atomic E-state index is 12.1. The van der Waals surface area contributed by atoms with Gasteiger partial charge in [0, 0.05) is 5.56 Å². The van der Waals surface area contributed by atoms with Crippen molar-refractivity contribution in [3.05, 3.63) is 64.4 Å². The average Bonchev–Trinajstić information content (AvgIpc) is 2.46. The summed E-state index contributed by atoms with van der Waals surface area (Å²) < 4.78 is 0. The molecule has 100 valence electrons. The van der Waals surface area contributed by atoms with Crippen LogP contribution in [0.4, 0.5) is 0 Å². The highest BCUT2D eigenvalue weighted by atomic mass is 16.1. The highest BCUT2D eigenvalue weighted by Crippen LogP contribution is 2.20. The number of rotatable bonds is 2. The predicted octanol–water partition coefficient (Wildman–Crippen LogP) is 3.71. The zero-order valence-corrected chi connectivity index (χ0v) is 11.6. The first kappa shape index (κ1) is 12.6. The number of para-hydroxylation sites is 2. The van der Waals surface area contributed by atoms with Crippen LogP contribution in [0.5, 0.6) is 0 Å². The molecule has 0 aliphatic carbocycles. The van der Waals surface area contributed by atoms with Crippen LogP contribution in [0.15, 0.2) is 53.3 Å². The SMILES string of the molecule is CC(C)c1ccc(-c2nc3ccccc3[nH]c2=O)cc1. The molecule has 2 aromatic carbocycles. The molecule has 1 N–H and O–H groups in total. The fraction of sp³-hybridized carbons (Fsp3) is 0.176. The Hall–Kier alpha value is -2.42. The van der Waals surface area contributed by atoms with Crippen LogP contribution in [0.2, 0.25) is 0 Å². The number of aromatic nitrogens is 2. The van der Waals surface area contributed by atoms with E-state index < -0.39 is 0 Å². The number of nitrogens with zero attached hydrogens (tertiary/aromatic N) is 1. The number of hydrogen-bond acceptors (Lipinski definition) is 2. The molecule has 1 heterocycles. The standard InChI is InChI=1S/C17H16N2O/c1-11(2)12-7-9-13(10-8-12)16-17(20)19-15-6-4-3-5-14(15)18-16/h3-11H,1-2H3,(H,19,20). The smallest absolute Gasteiger partial charge is 0.274 e. The Labute approximate surface area is 117 Å². The number of nitrogens with one attached hydrogen (secondary N) is 1. The van der Waals surface area contributed by atoms with Crippen LogP contribution < -0.4 is 5.56 Å². The van der Waals surface area contributed by atoms with Gasteiger partial charge in [0.1, 0.15) is 5.69 Å². The van der Waals surface area contributed by atoms with E-state index in [2.05, 4.69) is 35.9 Å². The lowest BCUT2D eigenvalue weighted by Gasteiger charge is -2.07. The lowest BCUT2D eigenvalue weighted by atomic mass is 10.0. The van der Waals surface area contributed by atoms with Crippen molar-refractivity contribution >= 4 is 11.0 Å². The Balaban J connectivity index is 2.13. The van der Waals surface area contributed by atoms with Crippen molar-refractivity contribution in [2.24, 2.45) is 0 Å². The van der Waals surface area contributed by atoms with E-state index in [1.807, 2.05) is 36.4 Å². The molecule has 20 heavy (non-hydrogen) atoms. The third kappa shape index (κ3) is 2.23. The van der Waals surface area contributed by atoms with E-state index in [4.69, 9.17) is 0 Å². The summed E-state index contributed by atoms with van der Waals surface area (Å²) in [5.74, 6) is 0.479. The highest BCUT2D eigenvalue weighted by molar-refractivity contribution is 5.76. The lowest BCUT2D eigenvalue weighted by molar-refractivity contribution is 0.867. The van der Waals surface area contributed by atoms with Gasteiger partial charge in [-0.05, 0) is 23.6 Å². The van der Waals surface area contributed by atoms with Gasteiger partial charge >= 0.3 is 0 Å². The van der Waals surface area contributed by atoms with Gasteiger partial charge in [0.15, 0.2) is 0 Å². The second-order valence-corrected chi connectivity index (χ2v) is 5.21. The lowest BCUT2D eigenvalue weighted by Crippen LogP contribution is -2.11. The van der Waals surface area contributed by atoms with E-state index >= 15 is 0 Å². The summed E-state index contributed by atoms with van der Waals surface area (Å²) in [6.45, 7) is 4.30. The second-order valence-electron chi connectivity index (χ2n) is 5.21. The minimum absolute atomic E-state index is 0.152. The number of fused-ring (bicyclic) bond motifs is 1. The van der Waals surface area contributed by atoms with Crippen molar-refractivity contribution in [2.45, 2.75) is 19.8 Å². The van der Waals surface area contributed by atoms with Gasteiger partial charge < -0.3 is 4.98 Å². The summed E-state index contributed by atoms with van der Waals surface area (Å²) in [7, 11) is 0. The third-order valence-corrected chi connectivity index (χ3v) is 3.45. The van der Waals surface area contributed by atoms with Crippen molar-refractivity contribution in [3.8, 4) is 11.3 Å². The number of benzene rings is 2. The van der Waals surface area contributed by atoms with E-state index in [9.17, 15) is 4.79 Å². The first-order valence-corrected chi connectivity index (χ1v) is 6.74. The van der Waals surface area contributed by atoms with Gasteiger partial charge in [0.25, 0.3) is 5.56 Å². The zero-order valence-electron chi connectivity index (χ0n) is 11.6. The largest absolute Gasteiger partial charge is 0.319 e. The van der Waals surface area contributed by atoms with Gasteiger partial charge in [0.2, 0.25) is 0 Å². The molecule has 0 aliphatic rings. The van der Waals surface area contributed by atoms with Gasteiger partial charge in [-0.25, -0.2) is 4.98 Å². The monoisotopic (exact) mass is 264 g/mol. The fourth-order valence-electron chi connectivity index (χ4n) is 2.25. The van der Waals surface area contributed by atoms with Crippen LogP contribution in [-0.4, -0.2) is 9.97 Å². The molecule has 0 amide bonds. The zero-order chi connectivity index (χ0) is 14.1. The van der Waals surface area contributed by atoms with E-state index in [-0.39, 0.29) is 5.56 Å². The molecular weight excluding hydrogens is 248 g/mol. The molecule has 0 atom stereocenters. The molecule has 0 fully saturated rings. The molecule has 3 rings (SSSR count). The van der Waals surface area contributed by atoms with E-state index in [0.29, 0.717) is 11.6 Å². The fourth-order valence-corrected chi connectivity index (χ4v) is 2.25. The maximum Gasteiger partial charge on any atom is 0.274 e. The molecule has 3 nitrogen and oxygen atoms in total. The topological polar surface area (TPSA) is 45.8 Å². The van der Waals surface area contributed by atoms with Gasteiger partial charge in [-0.1, -0.05) is 50.2 Å². The molecule has 0 bridgehead atoms. The van der Waals surface area contributed by atoms with Crippen LogP contribution in [0.3, 0.4) is 0 Å². The van der Waals surface area contributed by atoms with Crippen LogP contribution >= 0.6 is 0 Å². The van der Waals surface area contributed by atoms with E-state index in [1.165, 1.54) is 5.56 Å². The van der Waals surface area contributed by atoms with Gasteiger partial charge in [-0.2, -0.15) is 0 Å². The van der Waals surface area contributed by atoms with E-state index in [1.54, 1.807) is 0 Å². The predicted molar refractivity (Wildman–Crippen MR) is 81.9 cm³/mol. The van der Waals surface area contributed by atoms with Crippen molar-refractivity contribution in [2.75, 3.05) is 0 Å². The maximum absolute atomic E-state index is 12.1. The minimum Gasteiger partial charge on any atom is -0.319 e. The summed E-state index contributed by atoms with van der Waals surface area (Å²) in [5.41, 5.74) is 3.99. The van der Waals surface area contributed by atoms with Crippen molar-refractivity contribution in [1.82, 2.24) is 9.97 Å². The summed E-state index contributed by atoms with van der Waals surface area (Å²) in [5, 5.41) is 0. The molecule has 0 saturated heterocycles. The first-order valence-electron chi connectivity index (χ1n) is 6.74. The first-order chi connectivity index (χ1) is 9.65. The number of H-pyrrole nitrogens is 1. The Morgan fingerprint density at radius 2 is 1.70 bits per heavy atom. The summed E-state index contributed by atoms with van der Waals surface area (Å²) in [4.78, 5) is 19.5. The average molecular weight is 264 g/mol. The normalized spacial score (nSPS) is 11.2. The summed E-state index contributed by atoms with van der Waals surface area (Å²) in [6, 6.07) is 15.6. The number of aromatic amines is 1. The minimum atomic E-state index is -0.152. The number of hydrogen-bond donors (Lipinski definition) is 1. The van der Waals surface area contributed by atoms with E-state index in [0.717, 1.165) is 16.6 Å². The molecule has 3 heteroatoms. The van der Waals surface area contributed by atoms with Gasteiger partial charge in [0.05, 0.1) is 11.0 Å². The third-order valence-electron chi connectivity index (χ3n) is 3.45. The van der Waals surface area contributed by atoms with Crippen molar-refractivity contribution in [3.63, 3.8) is 0 Å². The second kappa shape index (κ2) is 4.93. The van der Waals surface area contributed by atoms with Crippen LogP contribution in [0, 0.1) is 0 Å². The summed E-state index contributed by atoms with van der Waals surface area (Å²) >= 11 is 0. The molecule has 0 saturated carbocycles. The Morgan fingerprint density at radius 1 is 1.00 bits per heavy atom. The molecule has 3 aromatic rings. The molecular formula is C17H16N2O. The molecule has 0 spiro atoms. The Bertz CT molecular complexity index is 801. The van der Waals surface area contributed by atoms with Gasteiger partial charge in [-0.15, -0.1) is 0 Å². The van der Waals surface area contributed by atoms with Gasteiger partial charge in [-0.3, -0.25) is 4.79 Å². The molecule has 0 radical (unpaired) electrons. The molecule has 0 unspecified atom stereocenters. The summed E-state index contributed by atoms with van der Waals surface area (Å²) in [6.07, 6.45) is 0. The Morgan fingerprint density at radius 3 is 2.40 bits per heavy atom. The van der Waals surface area contributed by atoms with Crippen LogP contribution in [-0.2, 0) is 0 Å². The van der Waals surface area contributed by atoms with Crippen LogP contribution in [0.1, 0.15) is 25.3 Å². The quantitative estimate of drug-likeness (QED) is 0.766. The molecule has 1 aromatic heterocycles. The molecule has 0 aliphatic heterocycles.